The van der Waals surface area contributed by atoms with Crippen LogP contribution >= 0.6 is 0 Å². The smallest absolute Gasteiger partial charge is 0.221 e. The maximum atomic E-state index is 10.7. The number of ether oxygens (including phenoxy) is 1. The predicted octanol–water partition coefficient (Wildman–Crippen LogP) is -0.560. The van der Waals surface area contributed by atoms with E-state index in [1.165, 1.54) is 0 Å². The molecule has 1 atom stereocenters. The van der Waals surface area contributed by atoms with Crippen molar-refractivity contribution in [3.05, 3.63) is 0 Å². The topological polar surface area (TPSA) is 55.6 Å². The molecular weight excluding hydrogens is 156 g/mol. The third-order valence-electron chi connectivity index (χ3n) is 2.12. The summed E-state index contributed by atoms with van der Waals surface area (Å²) in [6.45, 7) is 5.99. The van der Waals surface area contributed by atoms with E-state index in [4.69, 9.17) is 10.5 Å². The number of carbonyl (C=O) groups is 1. The van der Waals surface area contributed by atoms with E-state index in [1.807, 2.05) is 6.92 Å². The lowest BCUT2D eigenvalue weighted by Crippen LogP contribution is -2.41. The van der Waals surface area contributed by atoms with Crippen LogP contribution in [0.4, 0.5) is 0 Å². The highest BCUT2D eigenvalue weighted by Gasteiger charge is 2.16. The Labute approximate surface area is 72.7 Å². The van der Waals surface area contributed by atoms with Crippen LogP contribution in [0.2, 0.25) is 0 Å². The summed E-state index contributed by atoms with van der Waals surface area (Å²) in [6.07, 6.45) is 0. The molecule has 1 unspecified atom stereocenters. The molecule has 0 bridgehead atoms. The fourth-order valence-corrected chi connectivity index (χ4v) is 1.26. The summed E-state index contributed by atoms with van der Waals surface area (Å²) in [7, 11) is 0. The number of morpholine rings is 1. The molecule has 1 aliphatic rings. The van der Waals surface area contributed by atoms with Crippen LogP contribution in [0.15, 0.2) is 0 Å². The van der Waals surface area contributed by atoms with Gasteiger partial charge in [-0.15, -0.1) is 0 Å². The van der Waals surface area contributed by atoms with Gasteiger partial charge in [-0.25, -0.2) is 0 Å². The first-order chi connectivity index (χ1) is 5.70. The molecule has 4 nitrogen and oxygen atoms in total. The standard InChI is InChI=1S/C8H16N2O2/c1-7(8(9)11)6-10-2-4-12-5-3-10/h7H,2-6H2,1H3,(H2,9,11). The Kier molecular flexibility index (Phi) is 3.49. The Bertz CT molecular complexity index is 155. The molecule has 70 valence electrons. The average Bonchev–Trinajstić information content (AvgIpc) is 2.06. The molecule has 2 N–H and O–H groups in total. The zero-order valence-corrected chi connectivity index (χ0v) is 7.45. The monoisotopic (exact) mass is 172 g/mol. The van der Waals surface area contributed by atoms with Gasteiger partial charge in [0.15, 0.2) is 0 Å². The summed E-state index contributed by atoms with van der Waals surface area (Å²) in [4.78, 5) is 12.9. The van der Waals surface area contributed by atoms with Crippen LogP contribution in [-0.4, -0.2) is 43.7 Å². The van der Waals surface area contributed by atoms with Gasteiger partial charge in [0.25, 0.3) is 0 Å². The quantitative estimate of drug-likeness (QED) is 0.621. The molecule has 4 heteroatoms. The molecule has 1 aliphatic heterocycles. The van der Waals surface area contributed by atoms with Crippen molar-refractivity contribution < 1.29 is 9.53 Å². The Balaban J connectivity index is 2.24. The van der Waals surface area contributed by atoms with Crippen LogP contribution in [0.5, 0.6) is 0 Å². The molecule has 0 aliphatic carbocycles. The van der Waals surface area contributed by atoms with Gasteiger partial charge in [0.2, 0.25) is 5.91 Å². The van der Waals surface area contributed by atoms with E-state index in [0.29, 0.717) is 0 Å². The Hall–Kier alpha value is -0.610. The number of rotatable bonds is 3. The highest BCUT2D eigenvalue weighted by molar-refractivity contribution is 5.76. The van der Waals surface area contributed by atoms with Crippen LogP contribution in [-0.2, 0) is 9.53 Å². The second-order valence-corrected chi connectivity index (χ2v) is 3.22. The molecule has 1 fully saturated rings. The van der Waals surface area contributed by atoms with Crippen LogP contribution in [0.1, 0.15) is 6.92 Å². The molecule has 1 rings (SSSR count). The Morgan fingerprint density at radius 3 is 2.67 bits per heavy atom. The number of nitrogens with two attached hydrogens (primary N) is 1. The lowest BCUT2D eigenvalue weighted by Gasteiger charge is -2.28. The second-order valence-electron chi connectivity index (χ2n) is 3.22. The zero-order chi connectivity index (χ0) is 8.97. The van der Waals surface area contributed by atoms with Gasteiger partial charge in [0.1, 0.15) is 0 Å². The minimum Gasteiger partial charge on any atom is -0.379 e. The number of hydrogen-bond donors (Lipinski definition) is 1. The van der Waals surface area contributed by atoms with Gasteiger partial charge in [0, 0.05) is 25.6 Å². The Morgan fingerprint density at radius 2 is 2.17 bits per heavy atom. The minimum atomic E-state index is -0.221. The van der Waals surface area contributed by atoms with Gasteiger partial charge in [-0.05, 0) is 0 Å². The largest absolute Gasteiger partial charge is 0.379 e. The molecule has 0 aromatic rings. The first kappa shape index (κ1) is 9.48. The Morgan fingerprint density at radius 1 is 1.58 bits per heavy atom. The van der Waals surface area contributed by atoms with Crippen LogP contribution in [0.25, 0.3) is 0 Å². The zero-order valence-electron chi connectivity index (χ0n) is 7.45. The molecule has 0 aromatic carbocycles. The molecular formula is C8H16N2O2. The molecule has 12 heavy (non-hydrogen) atoms. The van der Waals surface area contributed by atoms with E-state index < -0.39 is 0 Å². The average molecular weight is 172 g/mol. The summed E-state index contributed by atoms with van der Waals surface area (Å²) in [6, 6.07) is 0. The predicted molar refractivity (Wildman–Crippen MR) is 45.6 cm³/mol. The molecule has 0 spiro atoms. The van der Waals surface area contributed by atoms with Gasteiger partial charge >= 0.3 is 0 Å². The van der Waals surface area contributed by atoms with Crippen molar-refractivity contribution in [3.63, 3.8) is 0 Å². The van der Waals surface area contributed by atoms with Gasteiger partial charge in [-0.2, -0.15) is 0 Å². The van der Waals surface area contributed by atoms with Crippen molar-refractivity contribution in [2.45, 2.75) is 6.92 Å². The fraction of sp³-hybridized carbons (Fsp3) is 0.875. The van der Waals surface area contributed by atoms with Gasteiger partial charge in [-0.1, -0.05) is 6.92 Å². The van der Waals surface area contributed by atoms with E-state index in [0.717, 1.165) is 32.8 Å². The second kappa shape index (κ2) is 4.42. The van der Waals surface area contributed by atoms with Crippen molar-refractivity contribution in [2.24, 2.45) is 11.7 Å². The van der Waals surface area contributed by atoms with Crippen molar-refractivity contribution in [2.75, 3.05) is 32.8 Å². The van der Waals surface area contributed by atoms with E-state index in [2.05, 4.69) is 4.90 Å². The molecule has 0 saturated carbocycles. The SMILES string of the molecule is CC(CN1CCOCC1)C(N)=O. The molecule has 0 radical (unpaired) electrons. The van der Waals surface area contributed by atoms with E-state index in [-0.39, 0.29) is 11.8 Å². The molecule has 0 aromatic heterocycles. The summed E-state index contributed by atoms with van der Waals surface area (Å²) in [5, 5.41) is 0. The highest BCUT2D eigenvalue weighted by atomic mass is 16.5. The molecule has 1 amide bonds. The van der Waals surface area contributed by atoms with Gasteiger partial charge < -0.3 is 10.5 Å². The summed E-state index contributed by atoms with van der Waals surface area (Å²) in [5.74, 6) is -0.274. The number of nitrogens with zero attached hydrogens (tertiary/aromatic N) is 1. The third kappa shape index (κ3) is 2.79. The van der Waals surface area contributed by atoms with Gasteiger partial charge in [0.05, 0.1) is 13.2 Å². The molecule has 1 heterocycles. The van der Waals surface area contributed by atoms with Gasteiger partial charge in [-0.3, -0.25) is 9.69 Å². The fourth-order valence-electron chi connectivity index (χ4n) is 1.26. The lowest BCUT2D eigenvalue weighted by molar-refractivity contribution is -0.122. The summed E-state index contributed by atoms with van der Waals surface area (Å²) in [5.41, 5.74) is 5.16. The minimum absolute atomic E-state index is 0.0527. The normalized spacial score (nSPS) is 22.1. The maximum Gasteiger partial charge on any atom is 0.221 e. The number of hydrogen-bond acceptors (Lipinski definition) is 3. The van der Waals surface area contributed by atoms with E-state index >= 15 is 0 Å². The van der Waals surface area contributed by atoms with E-state index in [1.54, 1.807) is 0 Å². The summed E-state index contributed by atoms with van der Waals surface area (Å²) < 4.78 is 5.18. The first-order valence-electron chi connectivity index (χ1n) is 4.29. The number of amides is 1. The van der Waals surface area contributed by atoms with Crippen molar-refractivity contribution >= 4 is 5.91 Å². The maximum absolute atomic E-state index is 10.7. The first-order valence-corrected chi connectivity index (χ1v) is 4.29. The third-order valence-corrected chi connectivity index (χ3v) is 2.12. The highest BCUT2D eigenvalue weighted by Crippen LogP contribution is 2.02. The number of carbonyl (C=O) groups excluding carboxylic acids is 1. The number of primary amides is 1. The van der Waals surface area contributed by atoms with Crippen molar-refractivity contribution in [3.8, 4) is 0 Å². The lowest BCUT2D eigenvalue weighted by atomic mass is 10.1. The van der Waals surface area contributed by atoms with Crippen molar-refractivity contribution in [1.82, 2.24) is 4.90 Å². The van der Waals surface area contributed by atoms with Crippen molar-refractivity contribution in [1.29, 1.82) is 0 Å². The van der Waals surface area contributed by atoms with E-state index in [9.17, 15) is 4.79 Å². The molecule has 1 saturated heterocycles. The van der Waals surface area contributed by atoms with Crippen LogP contribution in [0.3, 0.4) is 0 Å². The van der Waals surface area contributed by atoms with Crippen LogP contribution in [0, 0.1) is 5.92 Å². The summed E-state index contributed by atoms with van der Waals surface area (Å²) >= 11 is 0. The van der Waals surface area contributed by atoms with Crippen LogP contribution < -0.4 is 5.73 Å².